The second kappa shape index (κ2) is 6.25. The summed E-state index contributed by atoms with van der Waals surface area (Å²) in [6.07, 6.45) is 4.05. The molecule has 0 aliphatic heterocycles. The van der Waals surface area contributed by atoms with Crippen LogP contribution in [0, 0.1) is 17.3 Å². The molecule has 1 aromatic rings. The zero-order valence-corrected chi connectivity index (χ0v) is 14.0. The Morgan fingerprint density at radius 1 is 1.10 bits per heavy atom. The van der Waals surface area contributed by atoms with Crippen LogP contribution in [0.4, 0.5) is 0 Å². The lowest BCUT2D eigenvalue weighted by atomic mass is 9.68. The van der Waals surface area contributed by atoms with Gasteiger partial charge in [-0.25, -0.2) is 0 Å². The van der Waals surface area contributed by atoms with Crippen LogP contribution in [0.15, 0.2) is 18.2 Å². The van der Waals surface area contributed by atoms with E-state index in [-0.39, 0.29) is 0 Å². The molecule has 0 aromatic heterocycles. The van der Waals surface area contributed by atoms with Crippen LogP contribution in [0.3, 0.4) is 0 Å². The zero-order chi connectivity index (χ0) is 14.9. The molecule has 1 aromatic carbocycles. The molecule has 0 bridgehead atoms. The van der Waals surface area contributed by atoms with E-state index in [0.717, 1.165) is 24.3 Å². The van der Waals surface area contributed by atoms with Crippen LogP contribution in [0.1, 0.15) is 58.1 Å². The minimum absolute atomic E-state index is 0.312. The monoisotopic (exact) mass is 314 g/mol. The van der Waals surface area contributed by atoms with E-state index in [2.05, 4.69) is 20.8 Å². The molecular weight excluding hydrogens is 291 g/mol. The Bertz CT molecular complexity index is 457. The summed E-state index contributed by atoms with van der Waals surface area (Å²) in [5.41, 5.74) is 1.18. The Balaban J connectivity index is 2.03. The number of hydrogen-bond acceptors (Lipinski definition) is 1. The van der Waals surface area contributed by atoms with E-state index < -0.39 is 6.10 Å². The molecule has 1 N–H and O–H groups in total. The highest BCUT2D eigenvalue weighted by Crippen LogP contribution is 2.44. The average Bonchev–Trinajstić information content (AvgIpc) is 2.37. The van der Waals surface area contributed by atoms with E-state index in [1.807, 2.05) is 6.07 Å². The van der Waals surface area contributed by atoms with Gasteiger partial charge in [0.25, 0.3) is 0 Å². The van der Waals surface area contributed by atoms with Crippen molar-refractivity contribution in [1.82, 2.24) is 0 Å². The van der Waals surface area contributed by atoms with Crippen molar-refractivity contribution in [1.29, 1.82) is 0 Å². The minimum Gasteiger partial charge on any atom is -0.388 e. The molecule has 0 radical (unpaired) electrons. The summed E-state index contributed by atoms with van der Waals surface area (Å²) in [5, 5.41) is 11.8. The van der Waals surface area contributed by atoms with Gasteiger partial charge in [-0.1, -0.05) is 50.0 Å². The van der Waals surface area contributed by atoms with Crippen molar-refractivity contribution in [3.63, 3.8) is 0 Å². The molecule has 0 heterocycles. The van der Waals surface area contributed by atoms with Crippen LogP contribution in [0.5, 0.6) is 0 Å². The van der Waals surface area contributed by atoms with Gasteiger partial charge in [0.2, 0.25) is 0 Å². The highest BCUT2D eigenvalue weighted by molar-refractivity contribution is 6.35. The summed E-state index contributed by atoms with van der Waals surface area (Å²) in [4.78, 5) is 0. The van der Waals surface area contributed by atoms with Gasteiger partial charge in [-0.3, -0.25) is 0 Å². The molecule has 1 aliphatic rings. The van der Waals surface area contributed by atoms with Crippen LogP contribution in [0.2, 0.25) is 10.0 Å². The van der Waals surface area contributed by atoms with Gasteiger partial charge in [-0.2, -0.15) is 0 Å². The Morgan fingerprint density at radius 2 is 1.70 bits per heavy atom. The van der Waals surface area contributed by atoms with Gasteiger partial charge >= 0.3 is 0 Å². The van der Waals surface area contributed by atoms with Crippen LogP contribution in [-0.4, -0.2) is 5.11 Å². The first-order valence-electron chi connectivity index (χ1n) is 7.42. The molecule has 0 amide bonds. The van der Waals surface area contributed by atoms with Crippen LogP contribution >= 0.6 is 23.2 Å². The maximum Gasteiger partial charge on any atom is 0.0832 e. The molecule has 112 valence electrons. The molecule has 20 heavy (non-hydrogen) atoms. The van der Waals surface area contributed by atoms with E-state index >= 15 is 0 Å². The summed E-state index contributed by atoms with van der Waals surface area (Å²) < 4.78 is 0. The molecule has 0 spiro atoms. The van der Waals surface area contributed by atoms with Gasteiger partial charge in [-0.05, 0) is 60.6 Å². The molecule has 1 atom stereocenters. The van der Waals surface area contributed by atoms with Crippen molar-refractivity contribution in [2.24, 2.45) is 17.3 Å². The SMILES string of the molecule is CC(C)(C)C1CCC(C(O)c2ccc(Cl)cc2Cl)CC1. The fourth-order valence-corrected chi connectivity index (χ4v) is 3.82. The number of aliphatic hydroxyl groups excluding tert-OH is 1. The number of aliphatic hydroxyl groups is 1. The Kier molecular flexibility index (Phi) is 5.05. The Morgan fingerprint density at radius 3 is 2.20 bits per heavy atom. The number of benzene rings is 1. The van der Waals surface area contributed by atoms with Gasteiger partial charge in [0.05, 0.1) is 6.10 Å². The largest absolute Gasteiger partial charge is 0.388 e. The Hall–Kier alpha value is -0.240. The molecule has 1 aliphatic carbocycles. The van der Waals surface area contributed by atoms with Crippen molar-refractivity contribution in [2.45, 2.75) is 52.6 Å². The van der Waals surface area contributed by atoms with E-state index in [1.54, 1.807) is 12.1 Å². The third-order valence-electron chi connectivity index (χ3n) is 4.72. The molecule has 1 unspecified atom stereocenters. The molecule has 2 rings (SSSR count). The number of halogens is 2. The highest BCUT2D eigenvalue weighted by atomic mass is 35.5. The lowest BCUT2D eigenvalue weighted by Gasteiger charge is -2.38. The quantitative estimate of drug-likeness (QED) is 0.722. The maximum absolute atomic E-state index is 10.6. The second-order valence-electron chi connectivity index (χ2n) is 7.09. The Labute approximate surface area is 132 Å². The zero-order valence-electron chi connectivity index (χ0n) is 12.5. The van der Waals surface area contributed by atoms with E-state index in [1.165, 1.54) is 12.8 Å². The fourth-order valence-electron chi connectivity index (χ4n) is 3.30. The summed E-state index contributed by atoms with van der Waals surface area (Å²) in [7, 11) is 0. The van der Waals surface area contributed by atoms with Crippen LogP contribution in [-0.2, 0) is 0 Å². The van der Waals surface area contributed by atoms with Gasteiger partial charge < -0.3 is 5.11 Å². The fraction of sp³-hybridized carbons (Fsp3) is 0.647. The second-order valence-corrected chi connectivity index (χ2v) is 7.93. The average molecular weight is 315 g/mol. The molecule has 1 nitrogen and oxygen atoms in total. The standard InChI is InChI=1S/C17H24Cl2O/c1-17(2,3)12-6-4-11(5-7-12)16(20)14-9-8-13(18)10-15(14)19/h8-12,16,20H,4-7H2,1-3H3. The maximum atomic E-state index is 10.6. The topological polar surface area (TPSA) is 20.2 Å². The van der Waals surface area contributed by atoms with Crippen molar-refractivity contribution >= 4 is 23.2 Å². The van der Waals surface area contributed by atoms with Crippen molar-refractivity contribution in [3.05, 3.63) is 33.8 Å². The van der Waals surface area contributed by atoms with Gasteiger partial charge in [0.15, 0.2) is 0 Å². The predicted octanol–water partition coefficient (Wildman–Crippen LogP) is 5.88. The third kappa shape index (κ3) is 3.69. The first-order valence-corrected chi connectivity index (χ1v) is 8.17. The predicted molar refractivity (Wildman–Crippen MR) is 86.3 cm³/mol. The smallest absolute Gasteiger partial charge is 0.0832 e. The van der Waals surface area contributed by atoms with Crippen molar-refractivity contribution in [3.8, 4) is 0 Å². The molecular formula is C17H24Cl2O. The normalized spacial score (nSPS) is 25.5. The first-order chi connectivity index (χ1) is 9.29. The van der Waals surface area contributed by atoms with E-state index in [4.69, 9.17) is 23.2 Å². The molecule has 0 saturated heterocycles. The van der Waals surface area contributed by atoms with E-state index in [9.17, 15) is 5.11 Å². The third-order valence-corrected chi connectivity index (χ3v) is 5.29. The molecule has 1 saturated carbocycles. The van der Waals surface area contributed by atoms with Crippen molar-refractivity contribution in [2.75, 3.05) is 0 Å². The minimum atomic E-state index is -0.472. The van der Waals surface area contributed by atoms with Gasteiger partial charge in [-0.15, -0.1) is 0 Å². The first kappa shape index (κ1) is 16.1. The highest BCUT2D eigenvalue weighted by Gasteiger charge is 2.33. The summed E-state index contributed by atoms with van der Waals surface area (Å²) in [6, 6.07) is 5.36. The van der Waals surface area contributed by atoms with Gasteiger partial charge in [0.1, 0.15) is 0 Å². The molecule has 1 fully saturated rings. The summed E-state index contributed by atoms with van der Waals surface area (Å²) in [5.74, 6) is 1.07. The van der Waals surface area contributed by atoms with E-state index in [0.29, 0.717) is 21.4 Å². The lowest BCUT2D eigenvalue weighted by Crippen LogP contribution is -2.28. The van der Waals surface area contributed by atoms with Crippen LogP contribution in [0.25, 0.3) is 0 Å². The lowest BCUT2D eigenvalue weighted by molar-refractivity contribution is 0.0529. The summed E-state index contributed by atoms with van der Waals surface area (Å²) >= 11 is 12.1. The van der Waals surface area contributed by atoms with Gasteiger partial charge in [0, 0.05) is 10.0 Å². The number of rotatable bonds is 2. The molecule has 3 heteroatoms. The number of hydrogen-bond donors (Lipinski definition) is 1. The van der Waals surface area contributed by atoms with Crippen LogP contribution < -0.4 is 0 Å². The summed E-state index contributed by atoms with van der Waals surface area (Å²) in [6.45, 7) is 6.93. The van der Waals surface area contributed by atoms with Crippen molar-refractivity contribution < 1.29 is 5.11 Å².